The van der Waals surface area contributed by atoms with E-state index in [2.05, 4.69) is 31.2 Å². The summed E-state index contributed by atoms with van der Waals surface area (Å²) in [6, 6.07) is 17.7. The lowest BCUT2D eigenvalue weighted by Gasteiger charge is -2.17. The molecule has 0 spiro atoms. The lowest BCUT2D eigenvalue weighted by Crippen LogP contribution is -2.29. The number of hydrogen-bond acceptors (Lipinski definition) is 1. The van der Waals surface area contributed by atoms with E-state index in [1.165, 1.54) is 5.56 Å². The summed E-state index contributed by atoms with van der Waals surface area (Å²) in [6.07, 6.45) is 0. The van der Waals surface area contributed by atoms with Crippen molar-refractivity contribution in [3.8, 4) is 0 Å². The van der Waals surface area contributed by atoms with Crippen LogP contribution in [0.25, 0.3) is 0 Å². The van der Waals surface area contributed by atoms with Gasteiger partial charge in [0.05, 0.1) is 10.6 Å². The van der Waals surface area contributed by atoms with Crippen molar-refractivity contribution < 1.29 is 4.79 Å². The molecular formula is C18H18ClNO. The number of carbonyl (C=O) groups is 1. The lowest BCUT2D eigenvalue weighted by atomic mass is 9.90. The van der Waals surface area contributed by atoms with Gasteiger partial charge < -0.3 is 4.90 Å². The molecule has 1 aliphatic heterocycles. The van der Waals surface area contributed by atoms with Gasteiger partial charge in [0, 0.05) is 19.0 Å². The third-order valence-electron chi connectivity index (χ3n) is 4.23. The van der Waals surface area contributed by atoms with Gasteiger partial charge in [-0.15, -0.1) is 0 Å². The Hall–Kier alpha value is -1.80. The minimum Gasteiger partial charge on any atom is -0.338 e. The molecule has 0 N–H and O–H groups in total. The Bertz CT molecular complexity index is 641. The van der Waals surface area contributed by atoms with Crippen molar-refractivity contribution in [2.75, 3.05) is 13.1 Å². The number of halogens is 1. The van der Waals surface area contributed by atoms with E-state index >= 15 is 0 Å². The monoisotopic (exact) mass is 299 g/mol. The summed E-state index contributed by atoms with van der Waals surface area (Å²) in [5.74, 6) is 0.891. The molecule has 1 fully saturated rings. The predicted molar refractivity (Wildman–Crippen MR) is 85.7 cm³/mol. The Morgan fingerprint density at radius 2 is 1.71 bits per heavy atom. The van der Waals surface area contributed by atoms with Crippen LogP contribution in [0.2, 0.25) is 5.02 Å². The maximum Gasteiger partial charge on any atom is 0.255 e. The fourth-order valence-corrected chi connectivity index (χ4v) is 3.29. The first kappa shape index (κ1) is 14.2. The van der Waals surface area contributed by atoms with E-state index < -0.39 is 0 Å². The molecule has 0 radical (unpaired) electrons. The highest BCUT2D eigenvalue weighted by Gasteiger charge is 2.34. The van der Waals surface area contributed by atoms with Gasteiger partial charge >= 0.3 is 0 Å². The molecule has 2 aromatic carbocycles. The maximum atomic E-state index is 12.6. The summed E-state index contributed by atoms with van der Waals surface area (Å²) in [4.78, 5) is 14.6. The van der Waals surface area contributed by atoms with Gasteiger partial charge in [-0.05, 0) is 23.6 Å². The van der Waals surface area contributed by atoms with Crippen LogP contribution in [0.5, 0.6) is 0 Å². The zero-order valence-corrected chi connectivity index (χ0v) is 12.8. The van der Waals surface area contributed by atoms with Crippen molar-refractivity contribution in [2.24, 2.45) is 5.92 Å². The normalized spacial score (nSPS) is 21.5. The second kappa shape index (κ2) is 5.90. The smallest absolute Gasteiger partial charge is 0.255 e. The molecular weight excluding hydrogens is 282 g/mol. The highest BCUT2D eigenvalue weighted by Crippen LogP contribution is 2.33. The van der Waals surface area contributed by atoms with Crippen LogP contribution in [-0.4, -0.2) is 23.9 Å². The molecule has 3 rings (SSSR count). The van der Waals surface area contributed by atoms with Gasteiger partial charge in [0.2, 0.25) is 0 Å². The van der Waals surface area contributed by atoms with Gasteiger partial charge in [0.25, 0.3) is 5.91 Å². The van der Waals surface area contributed by atoms with E-state index in [0.29, 0.717) is 22.4 Å². The van der Waals surface area contributed by atoms with Crippen molar-refractivity contribution in [1.82, 2.24) is 4.90 Å². The van der Waals surface area contributed by atoms with Crippen LogP contribution in [0.3, 0.4) is 0 Å². The molecule has 2 atom stereocenters. The van der Waals surface area contributed by atoms with Crippen LogP contribution in [0.1, 0.15) is 28.8 Å². The molecule has 1 heterocycles. The zero-order chi connectivity index (χ0) is 14.8. The Labute approximate surface area is 130 Å². The minimum absolute atomic E-state index is 0.0332. The van der Waals surface area contributed by atoms with Gasteiger partial charge in [-0.2, -0.15) is 0 Å². The average molecular weight is 300 g/mol. The minimum atomic E-state index is 0.0332. The number of benzene rings is 2. The van der Waals surface area contributed by atoms with E-state index in [4.69, 9.17) is 11.6 Å². The molecule has 1 aliphatic rings. The molecule has 108 valence electrons. The van der Waals surface area contributed by atoms with Crippen LogP contribution in [0.15, 0.2) is 54.6 Å². The molecule has 0 aliphatic carbocycles. The second-order valence-electron chi connectivity index (χ2n) is 5.68. The van der Waals surface area contributed by atoms with Gasteiger partial charge in [-0.1, -0.05) is 61.0 Å². The van der Waals surface area contributed by atoms with Crippen molar-refractivity contribution in [3.05, 3.63) is 70.7 Å². The van der Waals surface area contributed by atoms with Crippen LogP contribution < -0.4 is 0 Å². The largest absolute Gasteiger partial charge is 0.338 e. The summed E-state index contributed by atoms with van der Waals surface area (Å²) in [7, 11) is 0. The second-order valence-corrected chi connectivity index (χ2v) is 6.09. The summed E-state index contributed by atoms with van der Waals surface area (Å²) in [6.45, 7) is 3.75. The Kier molecular flexibility index (Phi) is 3.98. The molecule has 1 unspecified atom stereocenters. The third-order valence-corrected chi connectivity index (χ3v) is 4.56. The van der Waals surface area contributed by atoms with E-state index in [1.54, 1.807) is 12.1 Å². The Morgan fingerprint density at radius 3 is 2.43 bits per heavy atom. The van der Waals surface area contributed by atoms with Crippen molar-refractivity contribution in [3.63, 3.8) is 0 Å². The quantitative estimate of drug-likeness (QED) is 0.813. The van der Waals surface area contributed by atoms with Gasteiger partial charge in [-0.25, -0.2) is 0 Å². The summed E-state index contributed by atoms with van der Waals surface area (Å²) >= 11 is 6.14. The molecule has 0 bridgehead atoms. The van der Waals surface area contributed by atoms with E-state index in [9.17, 15) is 4.79 Å². The summed E-state index contributed by atoms with van der Waals surface area (Å²) in [5.41, 5.74) is 1.90. The number of nitrogens with zero attached hydrogens (tertiary/aromatic N) is 1. The number of likely N-dealkylation sites (tertiary alicyclic amines) is 1. The molecule has 1 saturated heterocycles. The SMILES string of the molecule is CC1CN(C(=O)c2ccccc2Cl)C[C@H]1c1ccccc1. The molecule has 0 saturated carbocycles. The summed E-state index contributed by atoms with van der Waals surface area (Å²) < 4.78 is 0. The van der Waals surface area contributed by atoms with Crippen LogP contribution in [0, 0.1) is 5.92 Å². The van der Waals surface area contributed by atoms with Gasteiger partial charge in [0.15, 0.2) is 0 Å². The first-order chi connectivity index (χ1) is 10.2. The van der Waals surface area contributed by atoms with Gasteiger partial charge in [0.1, 0.15) is 0 Å². The fourth-order valence-electron chi connectivity index (χ4n) is 3.07. The lowest BCUT2D eigenvalue weighted by molar-refractivity contribution is 0.0787. The van der Waals surface area contributed by atoms with Crippen molar-refractivity contribution in [1.29, 1.82) is 0 Å². The molecule has 3 heteroatoms. The average Bonchev–Trinajstić information content (AvgIpc) is 2.90. The fraction of sp³-hybridized carbons (Fsp3) is 0.278. The highest BCUT2D eigenvalue weighted by molar-refractivity contribution is 6.33. The number of rotatable bonds is 2. The van der Waals surface area contributed by atoms with Gasteiger partial charge in [-0.3, -0.25) is 4.79 Å². The maximum absolute atomic E-state index is 12.6. The topological polar surface area (TPSA) is 20.3 Å². The first-order valence-corrected chi connectivity index (χ1v) is 7.63. The zero-order valence-electron chi connectivity index (χ0n) is 12.0. The number of amides is 1. The number of carbonyl (C=O) groups excluding carboxylic acids is 1. The molecule has 0 aromatic heterocycles. The highest BCUT2D eigenvalue weighted by atomic mass is 35.5. The van der Waals surface area contributed by atoms with E-state index in [-0.39, 0.29) is 5.91 Å². The van der Waals surface area contributed by atoms with Crippen LogP contribution >= 0.6 is 11.6 Å². The Morgan fingerprint density at radius 1 is 1.05 bits per heavy atom. The standard InChI is InChI=1S/C18H18ClNO/c1-13-11-20(12-16(13)14-7-3-2-4-8-14)18(21)15-9-5-6-10-17(15)19/h2-10,13,16H,11-12H2,1H3/t13?,16-/m1/s1. The Balaban J connectivity index is 1.80. The molecule has 2 aromatic rings. The molecule has 2 nitrogen and oxygen atoms in total. The van der Waals surface area contributed by atoms with Crippen molar-refractivity contribution in [2.45, 2.75) is 12.8 Å². The van der Waals surface area contributed by atoms with E-state index in [1.807, 2.05) is 23.1 Å². The predicted octanol–water partition coefficient (Wildman–Crippen LogP) is 4.22. The third kappa shape index (κ3) is 2.81. The summed E-state index contributed by atoms with van der Waals surface area (Å²) in [5, 5.41) is 0.526. The number of hydrogen-bond donors (Lipinski definition) is 0. The van der Waals surface area contributed by atoms with Crippen LogP contribution in [0.4, 0.5) is 0 Å². The molecule has 21 heavy (non-hydrogen) atoms. The van der Waals surface area contributed by atoms with Crippen molar-refractivity contribution >= 4 is 17.5 Å². The van der Waals surface area contributed by atoms with E-state index in [0.717, 1.165) is 13.1 Å². The first-order valence-electron chi connectivity index (χ1n) is 7.25. The molecule has 1 amide bonds. The van der Waals surface area contributed by atoms with Crippen LogP contribution in [-0.2, 0) is 0 Å².